The summed E-state index contributed by atoms with van der Waals surface area (Å²) in [5, 5.41) is 14.3. The Bertz CT molecular complexity index is 350. The van der Waals surface area contributed by atoms with Gasteiger partial charge < -0.3 is 5.32 Å². The quantitative estimate of drug-likeness (QED) is 0.818. The fourth-order valence-electron chi connectivity index (χ4n) is 1.93. The zero-order valence-corrected chi connectivity index (χ0v) is 11.2. The highest BCUT2D eigenvalue weighted by atomic mass is 32.1. The highest BCUT2D eigenvalue weighted by Crippen LogP contribution is 2.21. The molecule has 1 aromatic heterocycles. The first-order valence-corrected chi connectivity index (χ1v) is 6.80. The molecule has 0 aliphatic carbocycles. The summed E-state index contributed by atoms with van der Waals surface area (Å²) in [6.45, 7) is 7.57. The Morgan fingerprint density at radius 1 is 1.31 bits per heavy atom. The molecule has 0 spiro atoms. The molecule has 0 fully saturated rings. The van der Waals surface area contributed by atoms with E-state index in [0.717, 1.165) is 31.4 Å². The molecule has 0 radical (unpaired) electrons. The molecule has 0 unspecified atom stereocenters. The molecular formula is C13H20N2S. The lowest BCUT2D eigenvalue weighted by Crippen LogP contribution is -2.42. The van der Waals surface area contributed by atoms with Crippen LogP contribution in [0.5, 0.6) is 0 Å². The van der Waals surface area contributed by atoms with E-state index in [1.54, 1.807) is 11.3 Å². The van der Waals surface area contributed by atoms with Crippen LogP contribution in [-0.2, 0) is 6.54 Å². The SMILES string of the molecule is CCC(CC)(CC)NCc1cc(C#N)cs1. The van der Waals surface area contributed by atoms with Crippen molar-refractivity contribution in [1.29, 1.82) is 5.26 Å². The van der Waals surface area contributed by atoms with Gasteiger partial charge in [0.15, 0.2) is 0 Å². The number of hydrogen-bond donors (Lipinski definition) is 1. The first-order valence-electron chi connectivity index (χ1n) is 5.92. The lowest BCUT2D eigenvalue weighted by molar-refractivity contribution is 0.289. The molecule has 1 rings (SSSR count). The van der Waals surface area contributed by atoms with Crippen LogP contribution in [-0.4, -0.2) is 5.54 Å². The first kappa shape index (κ1) is 13.2. The summed E-state index contributed by atoms with van der Waals surface area (Å²) in [6.07, 6.45) is 3.45. The van der Waals surface area contributed by atoms with Crippen LogP contribution >= 0.6 is 11.3 Å². The predicted octanol–water partition coefficient (Wildman–Crippen LogP) is 3.68. The van der Waals surface area contributed by atoms with Crippen LogP contribution in [0.15, 0.2) is 11.4 Å². The van der Waals surface area contributed by atoms with Gasteiger partial charge >= 0.3 is 0 Å². The minimum atomic E-state index is 0.261. The largest absolute Gasteiger partial charge is 0.306 e. The van der Waals surface area contributed by atoms with E-state index < -0.39 is 0 Å². The van der Waals surface area contributed by atoms with Gasteiger partial charge in [0.1, 0.15) is 6.07 Å². The molecule has 0 saturated carbocycles. The van der Waals surface area contributed by atoms with Crippen LogP contribution in [0.2, 0.25) is 0 Å². The van der Waals surface area contributed by atoms with Crippen LogP contribution in [0.1, 0.15) is 50.5 Å². The molecule has 1 heterocycles. The van der Waals surface area contributed by atoms with Gasteiger partial charge in [0.25, 0.3) is 0 Å². The molecule has 1 N–H and O–H groups in total. The normalized spacial score (nSPS) is 11.4. The lowest BCUT2D eigenvalue weighted by atomic mass is 9.90. The third-order valence-electron chi connectivity index (χ3n) is 3.45. The van der Waals surface area contributed by atoms with Gasteiger partial charge in [-0.1, -0.05) is 20.8 Å². The highest BCUT2D eigenvalue weighted by molar-refractivity contribution is 7.10. The van der Waals surface area contributed by atoms with Crippen LogP contribution in [0.4, 0.5) is 0 Å². The number of nitrogens with one attached hydrogen (secondary N) is 1. The van der Waals surface area contributed by atoms with Crippen molar-refractivity contribution in [3.05, 3.63) is 21.9 Å². The second-order valence-electron chi connectivity index (χ2n) is 4.11. The van der Waals surface area contributed by atoms with Gasteiger partial charge in [-0.15, -0.1) is 11.3 Å². The van der Waals surface area contributed by atoms with Crippen molar-refractivity contribution >= 4 is 11.3 Å². The molecule has 3 heteroatoms. The number of rotatable bonds is 6. The van der Waals surface area contributed by atoms with Crippen LogP contribution < -0.4 is 5.32 Å². The van der Waals surface area contributed by atoms with E-state index in [4.69, 9.17) is 5.26 Å². The lowest BCUT2D eigenvalue weighted by Gasteiger charge is -2.31. The highest BCUT2D eigenvalue weighted by Gasteiger charge is 2.22. The number of nitriles is 1. The zero-order valence-electron chi connectivity index (χ0n) is 10.3. The third-order valence-corrected chi connectivity index (χ3v) is 4.39. The van der Waals surface area contributed by atoms with Gasteiger partial charge in [-0.3, -0.25) is 0 Å². The molecule has 2 nitrogen and oxygen atoms in total. The molecule has 0 aliphatic rings. The maximum atomic E-state index is 8.75. The molecule has 0 atom stereocenters. The second-order valence-corrected chi connectivity index (χ2v) is 5.10. The minimum absolute atomic E-state index is 0.261. The van der Waals surface area contributed by atoms with Gasteiger partial charge in [-0.05, 0) is 25.3 Å². The molecule has 0 saturated heterocycles. The summed E-state index contributed by atoms with van der Waals surface area (Å²) in [5.41, 5.74) is 1.04. The van der Waals surface area contributed by atoms with Crippen molar-refractivity contribution in [2.75, 3.05) is 0 Å². The second kappa shape index (κ2) is 6.03. The van der Waals surface area contributed by atoms with E-state index in [9.17, 15) is 0 Å². The summed E-state index contributed by atoms with van der Waals surface area (Å²) < 4.78 is 0. The van der Waals surface area contributed by atoms with Gasteiger partial charge in [0.2, 0.25) is 0 Å². The molecule has 0 bridgehead atoms. The van der Waals surface area contributed by atoms with Crippen molar-refractivity contribution in [2.24, 2.45) is 0 Å². The summed E-state index contributed by atoms with van der Waals surface area (Å²) in [4.78, 5) is 1.25. The Balaban J connectivity index is 2.59. The molecule has 0 amide bonds. The summed E-state index contributed by atoms with van der Waals surface area (Å²) >= 11 is 1.66. The van der Waals surface area contributed by atoms with Crippen molar-refractivity contribution in [3.63, 3.8) is 0 Å². The maximum Gasteiger partial charge on any atom is 0.100 e. The Morgan fingerprint density at radius 3 is 2.38 bits per heavy atom. The van der Waals surface area contributed by atoms with Gasteiger partial charge in [0.05, 0.1) is 5.56 Å². The van der Waals surface area contributed by atoms with E-state index in [1.807, 2.05) is 11.4 Å². The summed E-state index contributed by atoms with van der Waals surface area (Å²) in [7, 11) is 0. The van der Waals surface area contributed by atoms with E-state index in [0.29, 0.717) is 0 Å². The van der Waals surface area contributed by atoms with E-state index >= 15 is 0 Å². The fourth-order valence-corrected chi connectivity index (χ4v) is 2.68. The van der Waals surface area contributed by atoms with Crippen molar-refractivity contribution in [2.45, 2.75) is 52.1 Å². The molecule has 88 valence electrons. The average Bonchev–Trinajstić information content (AvgIpc) is 2.80. The predicted molar refractivity (Wildman–Crippen MR) is 69.5 cm³/mol. The smallest absolute Gasteiger partial charge is 0.100 e. The molecule has 0 aliphatic heterocycles. The number of hydrogen-bond acceptors (Lipinski definition) is 3. The molecule has 1 aromatic rings. The summed E-state index contributed by atoms with van der Waals surface area (Å²) in [5.74, 6) is 0. The van der Waals surface area contributed by atoms with E-state index in [1.165, 1.54) is 4.88 Å². The average molecular weight is 236 g/mol. The van der Waals surface area contributed by atoms with Crippen LogP contribution in [0.25, 0.3) is 0 Å². The van der Waals surface area contributed by atoms with Crippen molar-refractivity contribution < 1.29 is 0 Å². The van der Waals surface area contributed by atoms with Crippen LogP contribution in [0.3, 0.4) is 0 Å². The fraction of sp³-hybridized carbons (Fsp3) is 0.615. The summed E-state index contributed by atoms with van der Waals surface area (Å²) in [6, 6.07) is 4.14. The number of thiophene rings is 1. The Kier molecular flexibility index (Phi) is 4.98. The van der Waals surface area contributed by atoms with E-state index in [-0.39, 0.29) is 5.54 Å². The zero-order chi connectivity index (χ0) is 12.0. The van der Waals surface area contributed by atoms with Crippen molar-refractivity contribution in [1.82, 2.24) is 5.32 Å². The number of nitrogens with zero attached hydrogens (tertiary/aromatic N) is 1. The Labute approximate surface area is 102 Å². The van der Waals surface area contributed by atoms with E-state index in [2.05, 4.69) is 32.2 Å². The monoisotopic (exact) mass is 236 g/mol. The standard InChI is InChI=1S/C13H20N2S/c1-4-13(5-2,6-3)15-9-12-7-11(8-14)10-16-12/h7,10,15H,4-6,9H2,1-3H3. The molecule has 16 heavy (non-hydrogen) atoms. The third kappa shape index (κ3) is 3.07. The first-order chi connectivity index (χ1) is 7.69. The van der Waals surface area contributed by atoms with Crippen LogP contribution in [0, 0.1) is 11.3 Å². The Morgan fingerprint density at radius 2 is 1.94 bits per heavy atom. The molecule has 0 aromatic carbocycles. The molecular weight excluding hydrogens is 216 g/mol. The van der Waals surface area contributed by atoms with Gasteiger partial charge in [-0.25, -0.2) is 0 Å². The maximum absolute atomic E-state index is 8.75. The van der Waals surface area contributed by atoms with Gasteiger partial charge in [0, 0.05) is 22.3 Å². The van der Waals surface area contributed by atoms with Gasteiger partial charge in [-0.2, -0.15) is 5.26 Å². The Hall–Kier alpha value is -0.850. The topological polar surface area (TPSA) is 35.8 Å². The minimum Gasteiger partial charge on any atom is -0.306 e. The van der Waals surface area contributed by atoms with Crippen molar-refractivity contribution in [3.8, 4) is 6.07 Å².